The maximum atomic E-state index is 4.56. The van der Waals surface area contributed by atoms with Crippen LogP contribution in [0.1, 0.15) is 11.4 Å². The van der Waals surface area contributed by atoms with Crippen molar-refractivity contribution >= 4 is 5.82 Å². The highest BCUT2D eigenvalue weighted by Gasteiger charge is 2.15. The van der Waals surface area contributed by atoms with E-state index in [9.17, 15) is 0 Å². The molecule has 0 radical (unpaired) electrons. The average Bonchev–Trinajstić information content (AvgIpc) is 2.99. The molecule has 0 fully saturated rings. The van der Waals surface area contributed by atoms with Crippen molar-refractivity contribution in [1.82, 2.24) is 25.0 Å². The van der Waals surface area contributed by atoms with Crippen LogP contribution in [0.5, 0.6) is 0 Å². The number of hydrogen-bond donors (Lipinski definition) is 1. The van der Waals surface area contributed by atoms with E-state index in [-0.39, 0.29) is 0 Å². The molecule has 0 saturated heterocycles. The predicted octanol–water partition coefficient (Wildman–Crippen LogP) is 2.38. The molecule has 3 aromatic rings. The molecule has 0 spiro atoms. The minimum Gasteiger partial charge on any atom is -0.373 e. The van der Waals surface area contributed by atoms with Gasteiger partial charge in [-0.25, -0.2) is 14.6 Å². The lowest BCUT2D eigenvalue weighted by Crippen LogP contribution is -2.06. The fraction of sp³-hybridized carbons (Fsp3) is 0.200. The summed E-state index contributed by atoms with van der Waals surface area (Å²) in [6, 6.07) is 9.89. The highest BCUT2D eigenvalue weighted by atomic mass is 15.4. The first-order valence-corrected chi connectivity index (χ1v) is 6.70. The largest absolute Gasteiger partial charge is 0.373 e. The zero-order valence-electron chi connectivity index (χ0n) is 12.2. The quantitative estimate of drug-likeness (QED) is 0.797. The fourth-order valence-electron chi connectivity index (χ4n) is 2.28. The number of benzene rings is 1. The molecule has 2 aromatic heterocycles. The maximum Gasteiger partial charge on any atom is 0.133 e. The van der Waals surface area contributed by atoms with Crippen LogP contribution >= 0.6 is 0 Å². The van der Waals surface area contributed by atoms with Crippen molar-refractivity contribution in [2.45, 2.75) is 13.8 Å². The number of aromatic nitrogens is 5. The minimum absolute atomic E-state index is 0.709. The summed E-state index contributed by atoms with van der Waals surface area (Å²) in [5.41, 5.74) is 3.61. The third-order valence-corrected chi connectivity index (χ3v) is 3.29. The molecular formula is C15H16N6. The minimum atomic E-state index is 0.709. The van der Waals surface area contributed by atoms with E-state index in [0.29, 0.717) is 5.82 Å². The van der Waals surface area contributed by atoms with E-state index in [1.54, 1.807) is 10.9 Å². The first kappa shape index (κ1) is 13.2. The Morgan fingerprint density at radius 3 is 2.52 bits per heavy atom. The molecule has 2 heterocycles. The summed E-state index contributed by atoms with van der Waals surface area (Å²) >= 11 is 0. The van der Waals surface area contributed by atoms with Crippen LogP contribution < -0.4 is 5.32 Å². The molecular weight excluding hydrogens is 264 g/mol. The van der Waals surface area contributed by atoms with Crippen molar-refractivity contribution in [2.24, 2.45) is 0 Å². The van der Waals surface area contributed by atoms with Crippen molar-refractivity contribution in [3.05, 3.63) is 47.9 Å². The Kier molecular flexibility index (Phi) is 3.35. The van der Waals surface area contributed by atoms with Gasteiger partial charge in [0.15, 0.2) is 0 Å². The molecule has 21 heavy (non-hydrogen) atoms. The van der Waals surface area contributed by atoms with Crippen LogP contribution in [-0.2, 0) is 0 Å². The van der Waals surface area contributed by atoms with Crippen LogP contribution in [0.15, 0.2) is 36.5 Å². The zero-order chi connectivity index (χ0) is 14.8. The van der Waals surface area contributed by atoms with Gasteiger partial charge in [-0.05, 0) is 26.0 Å². The lowest BCUT2D eigenvalue weighted by molar-refractivity contribution is 0.804. The molecule has 0 saturated carbocycles. The molecule has 0 bridgehead atoms. The molecule has 3 rings (SSSR count). The molecule has 0 aliphatic rings. The molecule has 1 N–H and O–H groups in total. The van der Waals surface area contributed by atoms with Crippen molar-refractivity contribution in [3.63, 3.8) is 0 Å². The third-order valence-electron chi connectivity index (χ3n) is 3.29. The van der Waals surface area contributed by atoms with E-state index in [1.165, 1.54) is 0 Å². The van der Waals surface area contributed by atoms with E-state index in [1.807, 2.05) is 51.2 Å². The summed E-state index contributed by atoms with van der Waals surface area (Å²) in [6.07, 6.45) is 1.72. The molecule has 0 aliphatic heterocycles. The highest BCUT2D eigenvalue weighted by molar-refractivity contribution is 5.66. The van der Waals surface area contributed by atoms with Crippen molar-refractivity contribution in [2.75, 3.05) is 12.4 Å². The summed E-state index contributed by atoms with van der Waals surface area (Å²) in [5.74, 6) is 1.53. The number of aryl methyl sites for hydroxylation is 1. The van der Waals surface area contributed by atoms with Crippen LogP contribution in [0.25, 0.3) is 17.1 Å². The van der Waals surface area contributed by atoms with Gasteiger partial charge in [0.2, 0.25) is 0 Å². The Morgan fingerprint density at radius 2 is 1.81 bits per heavy atom. The van der Waals surface area contributed by atoms with Gasteiger partial charge in [0.05, 0.1) is 17.6 Å². The second-order valence-corrected chi connectivity index (χ2v) is 4.71. The maximum absolute atomic E-state index is 4.56. The number of anilines is 1. The Balaban J connectivity index is 2.19. The fourth-order valence-corrected chi connectivity index (χ4v) is 2.28. The first-order valence-electron chi connectivity index (χ1n) is 6.70. The van der Waals surface area contributed by atoms with Crippen LogP contribution in [0.2, 0.25) is 0 Å². The number of nitrogens with zero attached hydrogens (tertiary/aromatic N) is 5. The smallest absolute Gasteiger partial charge is 0.133 e. The molecule has 0 amide bonds. The van der Waals surface area contributed by atoms with Gasteiger partial charge < -0.3 is 5.32 Å². The van der Waals surface area contributed by atoms with Crippen LogP contribution in [-0.4, -0.2) is 32.0 Å². The summed E-state index contributed by atoms with van der Waals surface area (Å²) in [4.78, 5) is 8.95. The molecule has 0 atom stereocenters. The summed E-state index contributed by atoms with van der Waals surface area (Å²) in [6.45, 7) is 3.86. The second-order valence-electron chi connectivity index (χ2n) is 4.71. The Labute approximate surface area is 122 Å². The van der Waals surface area contributed by atoms with E-state index < -0.39 is 0 Å². The molecule has 6 heteroatoms. The Hall–Kier alpha value is -2.76. The van der Waals surface area contributed by atoms with Crippen molar-refractivity contribution in [1.29, 1.82) is 0 Å². The molecule has 106 valence electrons. The zero-order valence-corrected chi connectivity index (χ0v) is 12.2. The number of nitrogens with one attached hydrogen (secondary N) is 1. The molecule has 0 aliphatic carbocycles. The summed E-state index contributed by atoms with van der Waals surface area (Å²) < 4.78 is 1.79. The topological polar surface area (TPSA) is 68.5 Å². The van der Waals surface area contributed by atoms with Crippen LogP contribution in [0.3, 0.4) is 0 Å². The SMILES string of the molecule is CNc1nc(C)nc(-c2cnnn2-c2ccccc2)c1C. The highest BCUT2D eigenvalue weighted by Crippen LogP contribution is 2.26. The molecule has 6 nitrogen and oxygen atoms in total. The van der Waals surface area contributed by atoms with Crippen LogP contribution in [0.4, 0.5) is 5.82 Å². The van der Waals surface area contributed by atoms with Crippen molar-refractivity contribution < 1.29 is 0 Å². The third kappa shape index (κ3) is 2.35. The van der Waals surface area contributed by atoms with Gasteiger partial charge in [-0.2, -0.15) is 0 Å². The lowest BCUT2D eigenvalue weighted by atomic mass is 10.1. The Morgan fingerprint density at radius 1 is 1.05 bits per heavy atom. The van der Waals surface area contributed by atoms with Gasteiger partial charge in [0.1, 0.15) is 17.3 Å². The predicted molar refractivity (Wildman–Crippen MR) is 81.4 cm³/mol. The van der Waals surface area contributed by atoms with Gasteiger partial charge >= 0.3 is 0 Å². The van der Waals surface area contributed by atoms with Gasteiger partial charge in [-0.3, -0.25) is 0 Å². The van der Waals surface area contributed by atoms with Crippen LogP contribution in [0, 0.1) is 13.8 Å². The van der Waals surface area contributed by atoms with Gasteiger partial charge in [-0.15, -0.1) is 5.10 Å². The average molecular weight is 280 g/mol. The standard InChI is InChI=1S/C15H16N6/c1-10-14(18-11(2)19-15(10)16-3)13-9-17-20-21(13)12-7-5-4-6-8-12/h4-9H,1-3H3,(H,16,18,19). The number of hydrogen-bond acceptors (Lipinski definition) is 5. The second kappa shape index (κ2) is 5.32. The monoisotopic (exact) mass is 280 g/mol. The van der Waals surface area contributed by atoms with E-state index in [2.05, 4.69) is 25.6 Å². The molecule has 1 aromatic carbocycles. The Bertz CT molecular complexity index is 763. The number of rotatable bonds is 3. The normalized spacial score (nSPS) is 10.6. The molecule has 0 unspecified atom stereocenters. The van der Waals surface area contributed by atoms with Crippen molar-refractivity contribution in [3.8, 4) is 17.1 Å². The lowest BCUT2D eigenvalue weighted by Gasteiger charge is -2.11. The summed E-state index contributed by atoms with van der Waals surface area (Å²) in [5, 5.41) is 11.3. The van der Waals surface area contributed by atoms with Gasteiger partial charge in [-0.1, -0.05) is 23.4 Å². The van der Waals surface area contributed by atoms with E-state index in [4.69, 9.17) is 0 Å². The van der Waals surface area contributed by atoms with Gasteiger partial charge in [0.25, 0.3) is 0 Å². The van der Waals surface area contributed by atoms with E-state index in [0.717, 1.165) is 28.5 Å². The first-order chi connectivity index (χ1) is 10.2. The number of para-hydroxylation sites is 1. The van der Waals surface area contributed by atoms with Gasteiger partial charge in [0, 0.05) is 12.6 Å². The summed E-state index contributed by atoms with van der Waals surface area (Å²) in [7, 11) is 1.85. The van der Waals surface area contributed by atoms with E-state index >= 15 is 0 Å².